The first-order chi connectivity index (χ1) is 12.4. The van der Waals surface area contributed by atoms with Crippen LogP contribution in [0.15, 0.2) is 0 Å². The first-order valence-electron chi connectivity index (χ1n) is 8.96. The number of aliphatic hydroxyl groups excluding tert-OH is 4. The standard InChI is InChI=1S/C16H26N2O8/c19-10-7-25-16(14(23)12(10)21,26-15(24)9-4-2-6-18-9)13(22)11(20)8-3-1-5-17-8/h8-10,12-14,17-19,21-23H,1-7H2/t8-,9-,10+,12+,13?,14-,16?/m0/s1. The number of esters is 1. The lowest BCUT2D eigenvalue weighted by atomic mass is 9.88. The number of ketones is 1. The maximum Gasteiger partial charge on any atom is 0.325 e. The number of ether oxygens (including phenoxy) is 2. The van der Waals surface area contributed by atoms with Crippen molar-refractivity contribution < 1.29 is 39.5 Å². The molecule has 0 aromatic carbocycles. The minimum atomic E-state index is -2.47. The van der Waals surface area contributed by atoms with Gasteiger partial charge in [0.1, 0.15) is 18.2 Å². The molecule has 10 heteroatoms. The van der Waals surface area contributed by atoms with Crippen molar-refractivity contribution in [1.29, 1.82) is 0 Å². The third-order valence-electron chi connectivity index (χ3n) is 5.27. The van der Waals surface area contributed by atoms with Crippen LogP contribution >= 0.6 is 0 Å². The molecule has 3 saturated heterocycles. The van der Waals surface area contributed by atoms with Gasteiger partial charge in [-0.25, -0.2) is 0 Å². The summed E-state index contributed by atoms with van der Waals surface area (Å²) in [5.41, 5.74) is 0. The Labute approximate surface area is 150 Å². The second kappa shape index (κ2) is 7.85. The number of carbonyl (C=O) groups excluding carboxylic acids is 2. The van der Waals surface area contributed by atoms with Crippen molar-refractivity contribution in [3.63, 3.8) is 0 Å². The van der Waals surface area contributed by atoms with Crippen LogP contribution < -0.4 is 10.6 Å². The molecule has 3 fully saturated rings. The van der Waals surface area contributed by atoms with Crippen molar-refractivity contribution in [2.45, 2.75) is 68.0 Å². The third kappa shape index (κ3) is 3.50. The van der Waals surface area contributed by atoms with Crippen LogP contribution in [-0.4, -0.2) is 94.2 Å². The van der Waals surface area contributed by atoms with E-state index in [0.29, 0.717) is 25.9 Å². The van der Waals surface area contributed by atoms with Gasteiger partial charge in [0, 0.05) is 0 Å². The lowest BCUT2D eigenvalue weighted by molar-refractivity contribution is -0.349. The van der Waals surface area contributed by atoms with Crippen LogP contribution in [0.5, 0.6) is 0 Å². The van der Waals surface area contributed by atoms with E-state index >= 15 is 0 Å². The Morgan fingerprint density at radius 3 is 2.27 bits per heavy atom. The zero-order chi connectivity index (χ0) is 18.9. The molecule has 3 rings (SSSR count). The SMILES string of the molecule is O=C(OC1(C(O)C(=O)[C@@H]2CCCN2)OC[C@@H](O)[C@@H](O)[C@@H]1O)[C@@H]1CCCN1. The highest BCUT2D eigenvalue weighted by Crippen LogP contribution is 2.33. The Morgan fingerprint density at radius 1 is 1.08 bits per heavy atom. The Kier molecular flexibility index (Phi) is 5.92. The van der Waals surface area contributed by atoms with Gasteiger partial charge in [0.15, 0.2) is 18.0 Å². The van der Waals surface area contributed by atoms with E-state index in [-0.39, 0.29) is 0 Å². The molecule has 0 aromatic heterocycles. The molecular formula is C16H26N2O8. The fraction of sp³-hybridized carbons (Fsp3) is 0.875. The van der Waals surface area contributed by atoms with Gasteiger partial charge >= 0.3 is 5.97 Å². The van der Waals surface area contributed by atoms with Gasteiger partial charge in [0.25, 0.3) is 5.79 Å². The van der Waals surface area contributed by atoms with E-state index in [9.17, 15) is 30.0 Å². The lowest BCUT2D eigenvalue weighted by Gasteiger charge is -2.46. The highest BCUT2D eigenvalue weighted by Gasteiger charge is 2.60. The highest BCUT2D eigenvalue weighted by atomic mass is 16.7. The molecule has 0 spiro atoms. The number of nitrogens with one attached hydrogen (secondary N) is 2. The van der Waals surface area contributed by atoms with Crippen molar-refractivity contribution in [3.8, 4) is 0 Å². The van der Waals surface area contributed by atoms with Gasteiger partial charge in [0.2, 0.25) is 0 Å². The van der Waals surface area contributed by atoms with E-state index in [1.54, 1.807) is 0 Å². The molecule has 0 aliphatic carbocycles. The fourth-order valence-electron chi connectivity index (χ4n) is 3.66. The van der Waals surface area contributed by atoms with Crippen molar-refractivity contribution in [3.05, 3.63) is 0 Å². The van der Waals surface area contributed by atoms with Crippen LogP contribution in [-0.2, 0) is 19.1 Å². The summed E-state index contributed by atoms with van der Waals surface area (Å²) in [7, 11) is 0. The summed E-state index contributed by atoms with van der Waals surface area (Å²) in [6, 6.07) is -1.32. The molecule has 3 aliphatic rings. The quantitative estimate of drug-likeness (QED) is 0.270. The van der Waals surface area contributed by atoms with Crippen LogP contribution in [0.3, 0.4) is 0 Å². The van der Waals surface area contributed by atoms with Crippen molar-refractivity contribution in [2.75, 3.05) is 19.7 Å². The number of rotatable bonds is 5. The molecule has 26 heavy (non-hydrogen) atoms. The monoisotopic (exact) mass is 374 g/mol. The topological polar surface area (TPSA) is 158 Å². The van der Waals surface area contributed by atoms with Gasteiger partial charge in [-0.3, -0.25) is 9.59 Å². The van der Waals surface area contributed by atoms with E-state index in [0.717, 1.165) is 12.8 Å². The van der Waals surface area contributed by atoms with Gasteiger partial charge in [0.05, 0.1) is 12.6 Å². The average molecular weight is 374 g/mol. The van der Waals surface area contributed by atoms with Crippen molar-refractivity contribution in [2.24, 2.45) is 0 Å². The Balaban J connectivity index is 1.85. The summed E-state index contributed by atoms with van der Waals surface area (Å²) in [5, 5.41) is 46.7. The fourth-order valence-corrected chi connectivity index (χ4v) is 3.66. The summed E-state index contributed by atoms with van der Waals surface area (Å²) >= 11 is 0. The second-order valence-corrected chi connectivity index (χ2v) is 7.06. The van der Waals surface area contributed by atoms with Crippen molar-refractivity contribution >= 4 is 11.8 Å². The van der Waals surface area contributed by atoms with Crippen LogP contribution in [0.25, 0.3) is 0 Å². The first-order valence-corrected chi connectivity index (χ1v) is 8.96. The van der Waals surface area contributed by atoms with Crippen LogP contribution in [0.1, 0.15) is 25.7 Å². The van der Waals surface area contributed by atoms with Crippen LogP contribution in [0.2, 0.25) is 0 Å². The summed E-state index contributed by atoms with van der Waals surface area (Å²) in [6.45, 7) is 0.712. The average Bonchev–Trinajstić information content (AvgIpc) is 3.34. The molecule has 3 aliphatic heterocycles. The lowest BCUT2D eigenvalue weighted by Crippen LogP contribution is -2.70. The molecule has 2 unspecified atom stereocenters. The number of hydrogen-bond donors (Lipinski definition) is 6. The first kappa shape index (κ1) is 19.6. The number of carbonyl (C=O) groups is 2. The van der Waals surface area contributed by atoms with Crippen molar-refractivity contribution in [1.82, 2.24) is 10.6 Å². The maximum atomic E-state index is 12.6. The summed E-state index contributed by atoms with van der Waals surface area (Å²) < 4.78 is 10.6. The molecule has 0 aromatic rings. The smallest absolute Gasteiger partial charge is 0.325 e. The minimum absolute atomic E-state index is 0.491. The molecular weight excluding hydrogens is 348 g/mol. The summed E-state index contributed by atoms with van der Waals surface area (Å²) in [6.07, 6.45) is -4.69. The molecule has 6 N–H and O–H groups in total. The summed E-state index contributed by atoms with van der Waals surface area (Å²) in [5.74, 6) is -3.96. The predicted octanol–water partition coefficient (Wildman–Crippen LogP) is -3.23. The van der Waals surface area contributed by atoms with Crippen LogP contribution in [0, 0.1) is 0 Å². The molecule has 148 valence electrons. The normalized spacial score (nSPS) is 41.8. The van der Waals surface area contributed by atoms with Gasteiger partial charge in [-0.2, -0.15) is 0 Å². The molecule has 3 heterocycles. The molecule has 0 radical (unpaired) electrons. The number of Topliss-reactive ketones (excluding diaryl/α,β-unsaturated/α-hetero) is 1. The summed E-state index contributed by atoms with van der Waals surface area (Å²) in [4.78, 5) is 25.1. The minimum Gasteiger partial charge on any atom is -0.425 e. The van der Waals surface area contributed by atoms with Gasteiger partial charge in [-0.15, -0.1) is 0 Å². The van der Waals surface area contributed by atoms with Gasteiger partial charge in [-0.05, 0) is 38.8 Å². The molecule has 0 amide bonds. The van der Waals surface area contributed by atoms with E-state index in [4.69, 9.17) is 9.47 Å². The Morgan fingerprint density at radius 2 is 1.69 bits per heavy atom. The molecule has 0 bridgehead atoms. The number of aliphatic hydroxyl groups is 4. The maximum absolute atomic E-state index is 12.6. The second-order valence-electron chi connectivity index (χ2n) is 7.06. The van der Waals surface area contributed by atoms with E-state index in [2.05, 4.69) is 10.6 Å². The van der Waals surface area contributed by atoms with E-state index in [1.807, 2.05) is 0 Å². The molecule has 10 nitrogen and oxygen atoms in total. The van der Waals surface area contributed by atoms with Gasteiger partial charge < -0.3 is 40.5 Å². The number of hydrogen-bond acceptors (Lipinski definition) is 10. The zero-order valence-electron chi connectivity index (χ0n) is 14.3. The van der Waals surface area contributed by atoms with E-state index in [1.165, 1.54) is 0 Å². The zero-order valence-corrected chi connectivity index (χ0v) is 14.3. The highest BCUT2D eigenvalue weighted by molar-refractivity contribution is 5.90. The Hall–Kier alpha value is -1.14. The van der Waals surface area contributed by atoms with Crippen LogP contribution in [0.4, 0.5) is 0 Å². The predicted molar refractivity (Wildman–Crippen MR) is 85.9 cm³/mol. The van der Waals surface area contributed by atoms with Gasteiger partial charge in [-0.1, -0.05) is 0 Å². The molecule has 7 atom stereocenters. The molecule has 0 saturated carbocycles. The third-order valence-corrected chi connectivity index (χ3v) is 5.27. The Bertz CT molecular complexity index is 534. The van der Waals surface area contributed by atoms with E-state index < -0.39 is 60.6 Å². The largest absolute Gasteiger partial charge is 0.425 e.